The molecule has 1 amide bonds. The first-order valence-corrected chi connectivity index (χ1v) is 11.3. The smallest absolute Gasteiger partial charge is 0.432 e. The topological polar surface area (TPSA) is 118 Å². The lowest BCUT2D eigenvalue weighted by Crippen LogP contribution is -2.43. The number of sulfonamides is 1. The first kappa shape index (κ1) is 22.6. The Balaban J connectivity index is 1.68. The minimum atomic E-state index is -4.21. The highest BCUT2D eigenvalue weighted by atomic mass is 32.2. The molecular weight excluding hydrogens is 453 g/mol. The number of amides is 1. The molecule has 0 bridgehead atoms. The molecule has 1 unspecified atom stereocenters. The Kier molecular flexibility index (Phi) is 6.27. The number of halogens is 1. The largest absolute Gasteiger partial charge is 0.457 e. The van der Waals surface area contributed by atoms with E-state index in [0.29, 0.717) is 17.1 Å². The number of hydroxylamine groups is 1. The molecule has 11 heteroatoms. The molecule has 0 fully saturated rings. The molecule has 1 aliphatic rings. The van der Waals surface area contributed by atoms with Gasteiger partial charge in [0.05, 0.1) is 4.90 Å². The highest BCUT2D eigenvalue weighted by molar-refractivity contribution is 7.89. The van der Waals surface area contributed by atoms with Crippen LogP contribution in [0.3, 0.4) is 0 Å². The second-order valence-electron chi connectivity index (χ2n) is 7.25. The van der Waals surface area contributed by atoms with E-state index < -0.39 is 28.2 Å². The Morgan fingerprint density at radius 3 is 2.45 bits per heavy atom. The Hall–Kier alpha value is -3.54. The Morgan fingerprint density at radius 1 is 1.12 bits per heavy atom. The summed E-state index contributed by atoms with van der Waals surface area (Å²) in [6.07, 6.45) is 0.438. The molecule has 3 aromatic rings. The van der Waals surface area contributed by atoms with Gasteiger partial charge < -0.3 is 9.47 Å². The number of aryl methyl sites for hydroxylation is 1. The fourth-order valence-electron chi connectivity index (χ4n) is 3.68. The Bertz CT molecular complexity index is 1270. The molecule has 172 valence electrons. The number of carbonyl (C=O) groups excluding carboxylic acids is 1. The van der Waals surface area contributed by atoms with Gasteiger partial charge >= 0.3 is 6.09 Å². The minimum absolute atomic E-state index is 0.0573. The van der Waals surface area contributed by atoms with Gasteiger partial charge in [0.15, 0.2) is 6.23 Å². The fourth-order valence-corrected chi connectivity index (χ4v) is 5.16. The van der Waals surface area contributed by atoms with Gasteiger partial charge in [-0.05, 0) is 66.9 Å². The third-order valence-corrected chi connectivity index (χ3v) is 7.11. The highest BCUT2D eigenvalue weighted by Crippen LogP contribution is 2.38. The summed E-state index contributed by atoms with van der Waals surface area (Å²) in [6, 6.07) is 11.7. The second kappa shape index (κ2) is 9.14. The van der Waals surface area contributed by atoms with E-state index in [2.05, 4.69) is 4.98 Å². The van der Waals surface area contributed by atoms with Crippen LogP contribution in [0.1, 0.15) is 22.9 Å². The first-order valence-electron chi connectivity index (χ1n) is 9.89. The molecule has 0 saturated heterocycles. The lowest BCUT2D eigenvalue weighted by Gasteiger charge is -2.36. The Morgan fingerprint density at radius 2 is 1.79 bits per heavy atom. The van der Waals surface area contributed by atoms with Crippen LogP contribution >= 0.6 is 0 Å². The summed E-state index contributed by atoms with van der Waals surface area (Å²) >= 11 is 0. The number of nitrogens with zero attached hydrogens (tertiary/aromatic N) is 2. The van der Waals surface area contributed by atoms with Crippen molar-refractivity contribution in [3.05, 3.63) is 83.4 Å². The molecule has 0 radical (unpaired) electrons. The number of nitrogens with one attached hydrogen (secondary N) is 1. The van der Waals surface area contributed by atoms with Crippen molar-refractivity contribution in [2.45, 2.75) is 24.5 Å². The van der Waals surface area contributed by atoms with Crippen LogP contribution in [0, 0.1) is 12.7 Å². The molecule has 2 heterocycles. The number of carbonyl (C=O) groups is 1. The van der Waals surface area contributed by atoms with E-state index in [1.807, 2.05) is 0 Å². The summed E-state index contributed by atoms with van der Waals surface area (Å²) < 4.78 is 53.3. The summed E-state index contributed by atoms with van der Waals surface area (Å²) in [5, 5.41) is 8.89. The molecule has 0 saturated carbocycles. The van der Waals surface area contributed by atoms with E-state index in [-0.39, 0.29) is 23.4 Å². The van der Waals surface area contributed by atoms with Gasteiger partial charge in [0, 0.05) is 24.5 Å². The van der Waals surface area contributed by atoms with Gasteiger partial charge in [0.25, 0.3) is 0 Å². The molecule has 33 heavy (non-hydrogen) atoms. The normalized spacial score (nSPS) is 16.0. The quantitative estimate of drug-likeness (QED) is 0.429. The van der Waals surface area contributed by atoms with Crippen LogP contribution in [0.15, 0.2) is 65.8 Å². The summed E-state index contributed by atoms with van der Waals surface area (Å²) in [7, 11) is -4.21. The van der Waals surface area contributed by atoms with Crippen LogP contribution < -0.4 is 10.2 Å². The molecule has 1 atom stereocenters. The lowest BCUT2D eigenvalue weighted by molar-refractivity contribution is 0.000335. The van der Waals surface area contributed by atoms with Gasteiger partial charge in [-0.15, -0.1) is 0 Å². The number of ether oxygens (including phenoxy) is 2. The van der Waals surface area contributed by atoms with Crippen molar-refractivity contribution < 1.29 is 32.3 Å². The lowest BCUT2D eigenvalue weighted by atomic mass is 9.94. The van der Waals surface area contributed by atoms with Crippen molar-refractivity contribution in [3.63, 3.8) is 0 Å². The first-order chi connectivity index (χ1) is 15.8. The molecule has 2 aromatic carbocycles. The van der Waals surface area contributed by atoms with Crippen LogP contribution in [0.4, 0.5) is 9.18 Å². The fraction of sp³-hybridized carbons (Fsp3) is 0.182. The number of fused-ring (bicyclic) bond motifs is 1. The van der Waals surface area contributed by atoms with E-state index in [4.69, 9.17) is 14.7 Å². The third kappa shape index (κ3) is 4.51. The van der Waals surface area contributed by atoms with Crippen molar-refractivity contribution >= 4 is 16.1 Å². The maximum absolute atomic E-state index is 14.8. The van der Waals surface area contributed by atoms with E-state index in [1.54, 1.807) is 37.5 Å². The summed E-state index contributed by atoms with van der Waals surface area (Å²) in [6.45, 7) is 1.70. The number of hydrogen-bond acceptors (Lipinski definition) is 7. The van der Waals surface area contributed by atoms with E-state index in [9.17, 15) is 17.6 Å². The molecule has 1 aliphatic heterocycles. The van der Waals surface area contributed by atoms with Crippen LogP contribution in [-0.2, 0) is 21.2 Å². The summed E-state index contributed by atoms with van der Waals surface area (Å²) in [5.74, 6) is 0.216. The maximum atomic E-state index is 14.8. The zero-order chi connectivity index (χ0) is 23.6. The van der Waals surface area contributed by atoms with Crippen molar-refractivity contribution in [2.75, 3.05) is 6.54 Å². The number of pyridine rings is 1. The van der Waals surface area contributed by atoms with Crippen LogP contribution in [0.25, 0.3) is 0 Å². The molecule has 9 nitrogen and oxygen atoms in total. The van der Waals surface area contributed by atoms with Gasteiger partial charge in [0.2, 0.25) is 10.0 Å². The number of hydrogen-bond donors (Lipinski definition) is 2. The van der Waals surface area contributed by atoms with Gasteiger partial charge in [-0.1, -0.05) is 6.07 Å². The maximum Gasteiger partial charge on any atom is 0.432 e. The Labute approximate surface area is 189 Å². The van der Waals surface area contributed by atoms with Crippen molar-refractivity contribution in [1.29, 1.82) is 0 Å². The van der Waals surface area contributed by atoms with E-state index >= 15 is 0 Å². The molecule has 2 N–H and O–H groups in total. The number of benzene rings is 2. The minimum Gasteiger partial charge on any atom is -0.457 e. The number of rotatable bonds is 5. The van der Waals surface area contributed by atoms with Gasteiger partial charge in [0.1, 0.15) is 17.3 Å². The molecule has 0 aliphatic carbocycles. The molecular formula is C22H20FN3O6S. The van der Waals surface area contributed by atoms with Crippen LogP contribution in [-0.4, -0.2) is 35.6 Å². The average Bonchev–Trinajstić information content (AvgIpc) is 2.82. The monoisotopic (exact) mass is 473 g/mol. The molecule has 0 spiro atoms. The zero-order valence-electron chi connectivity index (χ0n) is 17.4. The van der Waals surface area contributed by atoms with Gasteiger partial charge in [-0.25, -0.2) is 23.1 Å². The number of aromatic nitrogens is 1. The van der Waals surface area contributed by atoms with E-state index in [0.717, 1.165) is 9.87 Å². The molecule has 4 rings (SSSR count). The van der Waals surface area contributed by atoms with Crippen molar-refractivity contribution in [1.82, 2.24) is 14.8 Å². The van der Waals surface area contributed by atoms with Crippen LogP contribution in [0.2, 0.25) is 0 Å². The third-order valence-electron chi connectivity index (χ3n) is 5.25. The summed E-state index contributed by atoms with van der Waals surface area (Å²) in [5.41, 5.74) is 2.52. The zero-order valence-corrected chi connectivity index (χ0v) is 18.3. The van der Waals surface area contributed by atoms with Gasteiger partial charge in [-0.3, -0.25) is 10.2 Å². The second-order valence-corrected chi connectivity index (χ2v) is 9.14. The van der Waals surface area contributed by atoms with Crippen LogP contribution in [0.5, 0.6) is 11.5 Å². The standard InChI is InChI=1S/C22H20FN3O6S/c1-14-2-7-19(23)20-18(14)10-13-26(21(20)32-22(27)25-28)33(29,30)17-5-3-15(4-6-17)31-16-8-11-24-12-9-16/h2-9,11-12,21,28H,10,13H2,1H3,(H,25,27). The highest BCUT2D eigenvalue weighted by Gasteiger charge is 2.41. The predicted octanol–water partition coefficient (Wildman–Crippen LogP) is 3.68. The summed E-state index contributed by atoms with van der Waals surface area (Å²) in [4.78, 5) is 15.6. The average molecular weight is 473 g/mol. The van der Waals surface area contributed by atoms with Crippen molar-refractivity contribution in [2.24, 2.45) is 0 Å². The van der Waals surface area contributed by atoms with E-state index in [1.165, 1.54) is 35.8 Å². The molecule has 1 aromatic heterocycles. The van der Waals surface area contributed by atoms with Gasteiger partial charge in [-0.2, -0.15) is 4.31 Å². The predicted molar refractivity (Wildman–Crippen MR) is 114 cm³/mol. The van der Waals surface area contributed by atoms with Crippen molar-refractivity contribution in [3.8, 4) is 11.5 Å². The SMILES string of the molecule is Cc1ccc(F)c2c1CCN(S(=O)(=O)c1ccc(Oc3ccncc3)cc1)C2OC(=O)NO.